The van der Waals surface area contributed by atoms with Crippen molar-refractivity contribution in [2.45, 2.75) is 31.4 Å². The third-order valence-electron chi connectivity index (χ3n) is 4.48. The highest BCUT2D eigenvalue weighted by Gasteiger charge is 2.27. The average Bonchev–Trinajstić information content (AvgIpc) is 3.16. The Kier molecular flexibility index (Phi) is 7.37. The fraction of sp³-hybridized carbons (Fsp3) is 0.381. The van der Waals surface area contributed by atoms with Crippen molar-refractivity contribution in [3.8, 4) is 0 Å². The molecule has 29 heavy (non-hydrogen) atoms. The number of hydrogen-bond donors (Lipinski definition) is 2. The molecule has 3 aromatic rings. The molecule has 2 aromatic carbocycles. The maximum absolute atomic E-state index is 13.2. The van der Waals surface area contributed by atoms with E-state index in [0.29, 0.717) is 19.6 Å². The highest BCUT2D eigenvalue weighted by atomic mass is 32.2. The molecule has 156 valence electrons. The minimum atomic E-state index is -3.71. The minimum Gasteiger partial charge on any atom is -0.390 e. The highest BCUT2D eigenvalue weighted by molar-refractivity contribution is 7.89. The van der Waals surface area contributed by atoms with Crippen molar-refractivity contribution < 1.29 is 13.5 Å². The van der Waals surface area contributed by atoms with Crippen molar-refractivity contribution in [1.29, 1.82) is 0 Å². The molecule has 0 bridgehead atoms. The van der Waals surface area contributed by atoms with E-state index in [1.54, 1.807) is 23.7 Å². The van der Waals surface area contributed by atoms with Gasteiger partial charge < -0.3 is 10.4 Å². The van der Waals surface area contributed by atoms with Gasteiger partial charge in [-0.2, -0.15) is 4.31 Å². The van der Waals surface area contributed by atoms with Crippen LogP contribution in [0, 0.1) is 5.92 Å². The van der Waals surface area contributed by atoms with Crippen LogP contribution in [-0.2, 0) is 16.6 Å². The first-order valence-corrected chi connectivity index (χ1v) is 11.9. The summed E-state index contributed by atoms with van der Waals surface area (Å²) in [6.45, 7) is 5.26. The summed E-state index contributed by atoms with van der Waals surface area (Å²) < 4.78 is 28.7. The van der Waals surface area contributed by atoms with Gasteiger partial charge in [-0.05, 0) is 29.7 Å². The van der Waals surface area contributed by atoms with Crippen LogP contribution in [0.25, 0.3) is 10.2 Å². The molecule has 1 heterocycles. The van der Waals surface area contributed by atoms with Crippen LogP contribution in [0.15, 0.2) is 58.9 Å². The van der Waals surface area contributed by atoms with E-state index in [1.807, 2.05) is 44.2 Å². The number of sulfonamides is 1. The Bertz CT molecular complexity index is 1020. The van der Waals surface area contributed by atoms with Gasteiger partial charge in [-0.3, -0.25) is 0 Å². The van der Waals surface area contributed by atoms with E-state index in [0.717, 1.165) is 15.8 Å². The predicted octanol–water partition coefficient (Wildman–Crippen LogP) is 3.09. The van der Waals surface area contributed by atoms with Crippen molar-refractivity contribution in [2.75, 3.05) is 19.6 Å². The third-order valence-corrected chi connectivity index (χ3v) is 7.09. The second kappa shape index (κ2) is 9.77. The number of rotatable bonds is 10. The van der Waals surface area contributed by atoms with Gasteiger partial charge in [0.1, 0.15) is 0 Å². The number of thiazole rings is 1. The fourth-order valence-corrected chi connectivity index (χ4v) is 5.56. The van der Waals surface area contributed by atoms with Gasteiger partial charge in [0.2, 0.25) is 10.0 Å². The molecule has 0 saturated carbocycles. The first-order chi connectivity index (χ1) is 13.9. The van der Waals surface area contributed by atoms with Crippen LogP contribution in [0.2, 0.25) is 0 Å². The maximum Gasteiger partial charge on any atom is 0.243 e. The first-order valence-electron chi connectivity index (χ1n) is 9.62. The zero-order valence-corrected chi connectivity index (χ0v) is 18.3. The number of hydrogen-bond acceptors (Lipinski definition) is 6. The number of aromatic nitrogens is 1. The summed E-state index contributed by atoms with van der Waals surface area (Å²) in [5.74, 6) is 0.140. The Morgan fingerprint density at radius 1 is 1.14 bits per heavy atom. The molecule has 0 aliphatic heterocycles. The van der Waals surface area contributed by atoms with Crippen LogP contribution in [0.4, 0.5) is 0 Å². The largest absolute Gasteiger partial charge is 0.390 e. The molecule has 8 heteroatoms. The monoisotopic (exact) mass is 433 g/mol. The van der Waals surface area contributed by atoms with Gasteiger partial charge in [0.25, 0.3) is 0 Å². The summed E-state index contributed by atoms with van der Waals surface area (Å²) in [5.41, 5.74) is 3.61. The Morgan fingerprint density at radius 2 is 1.90 bits per heavy atom. The van der Waals surface area contributed by atoms with Crippen LogP contribution in [0.3, 0.4) is 0 Å². The second-order valence-electron chi connectivity index (χ2n) is 7.47. The summed E-state index contributed by atoms with van der Waals surface area (Å²) >= 11 is 1.41. The van der Waals surface area contributed by atoms with Crippen LogP contribution in [0.5, 0.6) is 0 Å². The summed E-state index contributed by atoms with van der Waals surface area (Å²) in [4.78, 5) is 4.44. The SMILES string of the molecule is CC(C)CN(C[C@H](O)CNCc1ccccc1)S(=O)(=O)c1ccc2ncsc2c1. The molecule has 0 amide bonds. The van der Waals surface area contributed by atoms with E-state index < -0.39 is 16.1 Å². The topological polar surface area (TPSA) is 82.5 Å². The summed E-state index contributed by atoms with van der Waals surface area (Å²) in [5, 5.41) is 13.7. The number of fused-ring (bicyclic) bond motifs is 1. The Hall–Kier alpha value is -1.84. The molecule has 6 nitrogen and oxygen atoms in total. The normalized spacial score (nSPS) is 13.4. The lowest BCUT2D eigenvalue weighted by Crippen LogP contribution is -2.43. The second-order valence-corrected chi connectivity index (χ2v) is 10.3. The molecule has 0 unspecified atom stereocenters. The molecule has 0 aliphatic carbocycles. The van der Waals surface area contributed by atoms with Crippen molar-refractivity contribution in [3.05, 3.63) is 59.6 Å². The molecule has 0 fully saturated rings. The van der Waals surface area contributed by atoms with Crippen LogP contribution in [0.1, 0.15) is 19.4 Å². The van der Waals surface area contributed by atoms with E-state index in [2.05, 4.69) is 10.3 Å². The molecule has 0 saturated heterocycles. The quantitative estimate of drug-likeness (QED) is 0.513. The molecular weight excluding hydrogens is 406 g/mol. The number of nitrogens with one attached hydrogen (secondary N) is 1. The molecule has 0 spiro atoms. The summed E-state index contributed by atoms with van der Waals surface area (Å²) in [7, 11) is -3.71. The lowest BCUT2D eigenvalue weighted by Gasteiger charge is -2.26. The van der Waals surface area contributed by atoms with E-state index >= 15 is 0 Å². The molecule has 0 radical (unpaired) electrons. The van der Waals surface area contributed by atoms with Crippen LogP contribution >= 0.6 is 11.3 Å². The lowest BCUT2D eigenvalue weighted by molar-refractivity contribution is 0.139. The average molecular weight is 434 g/mol. The molecule has 3 rings (SSSR count). The van der Waals surface area contributed by atoms with Gasteiger partial charge in [-0.25, -0.2) is 13.4 Å². The molecule has 2 N–H and O–H groups in total. The molecular formula is C21H27N3O3S2. The zero-order valence-electron chi connectivity index (χ0n) is 16.7. The summed E-state index contributed by atoms with van der Waals surface area (Å²) in [6.07, 6.45) is -0.806. The van der Waals surface area contributed by atoms with Crippen molar-refractivity contribution in [1.82, 2.24) is 14.6 Å². The van der Waals surface area contributed by atoms with Gasteiger partial charge in [0.05, 0.1) is 26.7 Å². The van der Waals surface area contributed by atoms with Crippen LogP contribution < -0.4 is 5.32 Å². The lowest BCUT2D eigenvalue weighted by atomic mass is 10.2. The minimum absolute atomic E-state index is 0.0447. The van der Waals surface area contributed by atoms with Crippen molar-refractivity contribution in [2.24, 2.45) is 5.92 Å². The Labute approximate surface area is 176 Å². The smallest absolute Gasteiger partial charge is 0.243 e. The van der Waals surface area contributed by atoms with Gasteiger partial charge in [-0.15, -0.1) is 11.3 Å². The molecule has 1 atom stereocenters. The zero-order chi connectivity index (χ0) is 20.9. The molecule has 0 aliphatic rings. The highest BCUT2D eigenvalue weighted by Crippen LogP contribution is 2.24. The fourth-order valence-electron chi connectivity index (χ4n) is 3.10. The van der Waals surface area contributed by atoms with E-state index in [-0.39, 0.29) is 17.4 Å². The van der Waals surface area contributed by atoms with Crippen molar-refractivity contribution >= 4 is 31.6 Å². The molecule has 1 aromatic heterocycles. The van der Waals surface area contributed by atoms with E-state index in [9.17, 15) is 13.5 Å². The Morgan fingerprint density at radius 3 is 2.62 bits per heavy atom. The van der Waals surface area contributed by atoms with Gasteiger partial charge in [0.15, 0.2) is 0 Å². The van der Waals surface area contributed by atoms with Gasteiger partial charge >= 0.3 is 0 Å². The first kappa shape index (κ1) is 21.9. The van der Waals surface area contributed by atoms with Crippen molar-refractivity contribution in [3.63, 3.8) is 0 Å². The third kappa shape index (κ3) is 5.83. The van der Waals surface area contributed by atoms with Crippen LogP contribution in [-0.4, -0.2) is 48.6 Å². The van der Waals surface area contributed by atoms with Gasteiger partial charge in [0, 0.05) is 26.2 Å². The summed E-state index contributed by atoms with van der Waals surface area (Å²) in [6, 6.07) is 14.9. The number of aliphatic hydroxyl groups excluding tert-OH is 1. The van der Waals surface area contributed by atoms with E-state index in [1.165, 1.54) is 15.6 Å². The predicted molar refractivity (Wildman–Crippen MR) is 117 cm³/mol. The number of benzene rings is 2. The number of aliphatic hydroxyl groups is 1. The number of nitrogens with zero attached hydrogens (tertiary/aromatic N) is 2. The van der Waals surface area contributed by atoms with E-state index in [4.69, 9.17) is 0 Å². The maximum atomic E-state index is 13.2. The standard InChI is InChI=1S/C21H27N3O3S2/c1-16(2)13-24(14-18(25)12-22-11-17-6-4-3-5-7-17)29(26,27)19-8-9-20-21(10-19)28-15-23-20/h3-10,15-16,18,22,25H,11-14H2,1-2H3/t18-/m1/s1. The van der Waals surface area contributed by atoms with Gasteiger partial charge in [-0.1, -0.05) is 44.2 Å². The Balaban J connectivity index is 1.68.